The number of nitrogens with zero attached hydrogens (tertiary/aromatic N) is 1. The average molecular weight is 315 g/mol. The zero-order valence-electron chi connectivity index (χ0n) is 12.3. The maximum absolute atomic E-state index is 13.1. The summed E-state index contributed by atoms with van der Waals surface area (Å²) in [5, 5.41) is 9.42. The number of aliphatic carboxylic acids is 1. The van der Waals surface area contributed by atoms with Crippen LogP contribution in [0.25, 0.3) is 0 Å². The fourth-order valence-electron chi connectivity index (χ4n) is 2.95. The summed E-state index contributed by atoms with van der Waals surface area (Å²) in [5.41, 5.74) is -0.996. The van der Waals surface area contributed by atoms with Gasteiger partial charge in [-0.1, -0.05) is 31.0 Å². The number of carboxylic acids is 1. The number of likely N-dealkylation sites (tertiary alicyclic amines) is 1. The molecule has 1 N–H and O–H groups in total. The monoisotopic (exact) mass is 315 g/mol. The lowest BCUT2D eigenvalue weighted by Crippen LogP contribution is -2.33. The lowest BCUT2D eigenvalue weighted by molar-refractivity contribution is -0.142. The van der Waals surface area contributed by atoms with Crippen LogP contribution < -0.4 is 0 Å². The zero-order chi connectivity index (χ0) is 16.2. The Labute approximate surface area is 127 Å². The van der Waals surface area contributed by atoms with E-state index in [0.29, 0.717) is 0 Å². The van der Waals surface area contributed by atoms with Crippen LogP contribution in [0.15, 0.2) is 24.3 Å². The second kappa shape index (κ2) is 7.13. The summed E-state index contributed by atoms with van der Waals surface area (Å²) in [6.45, 7) is 1.62. The van der Waals surface area contributed by atoms with E-state index >= 15 is 0 Å². The lowest BCUT2D eigenvalue weighted by Gasteiger charge is -2.25. The van der Waals surface area contributed by atoms with Gasteiger partial charge in [-0.2, -0.15) is 13.2 Å². The normalized spacial score (nSPS) is 18.7. The van der Waals surface area contributed by atoms with Crippen LogP contribution in [-0.4, -0.2) is 35.6 Å². The fourth-order valence-corrected chi connectivity index (χ4v) is 2.95. The molecule has 0 aromatic heterocycles. The zero-order valence-corrected chi connectivity index (χ0v) is 12.3. The van der Waals surface area contributed by atoms with Crippen molar-refractivity contribution in [3.63, 3.8) is 0 Å². The summed E-state index contributed by atoms with van der Waals surface area (Å²) in [5.74, 6) is -2.36. The molecule has 0 amide bonds. The molecule has 1 aliphatic heterocycles. The van der Waals surface area contributed by atoms with Crippen LogP contribution in [0.2, 0.25) is 0 Å². The SMILES string of the molecule is O=C(O)C(CN1CCCCCC1)c1ccccc1C(F)(F)F. The Morgan fingerprint density at radius 1 is 1.14 bits per heavy atom. The van der Waals surface area contributed by atoms with Crippen LogP contribution in [0.4, 0.5) is 13.2 Å². The van der Waals surface area contributed by atoms with Crippen molar-refractivity contribution in [3.8, 4) is 0 Å². The molecule has 1 unspecified atom stereocenters. The smallest absolute Gasteiger partial charge is 0.416 e. The van der Waals surface area contributed by atoms with Crippen molar-refractivity contribution in [1.29, 1.82) is 0 Å². The third-order valence-electron chi connectivity index (χ3n) is 4.08. The van der Waals surface area contributed by atoms with Crippen molar-refractivity contribution in [1.82, 2.24) is 4.90 Å². The van der Waals surface area contributed by atoms with E-state index in [1.807, 2.05) is 4.90 Å². The topological polar surface area (TPSA) is 40.5 Å². The van der Waals surface area contributed by atoms with E-state index < -0.39 is 23.6 Å². The molecule has 0 aliphatic carbocycles. The molecule has 6 heteroatoms. The molecule has 1 atom stereocenters. The van der Waals surface area contributed by atoms with Gasteiger partial charge in [0.05, 0.1) is 11.5 Å². The molecule has 0 bridgehead atoms. The van der Waals surface area contributed by atoms with Gasteiger partial charge in [0.2, 0.25) is 0 Å². The molecule has 122 valence electrons. The fraction of sp³-hybridized carbons (Fsp3) is 0.562. The molecule has 1 fully saturated rings. The van der Waals surface area contributed by atoms with Crippen LogP contribution in [0.3, 0.4) is 0 Å². The van der Waals surface area contributed by atoms with Crippen LogP contribution in [-0.2, 0) is 11.0 Å². The van der Waals surface area contributed by atoms with Gasteiger partial charge in [0.1, 0.15) is 0 Å². The summed E-state index contributed by atoms with van der Waals surface area (Å²) >= 11 is 0. The van der Waals surface area contributed by atoms with E-state index in [2.05, 4.69) is 0 Å². The molecule has 1 aromatic rings. The predicted octanol–water partition coefficient (Wildman–Crippen LogP) is 3.75. The van der Waals surface area contributed by atoms with E-state index in [4.69, 9.17) is 0 Å². The first kappa shape index (κ1) is 16.8. The Morgan fingerprint density at radius 2 is 1.73 bits per heavy atom. The summed E-state index contributed by atoms with van der Waals surface area (Å²) in [6, 6.07) is 4.98. The largest absolute Gasteiger partial charge is 0.481 e. The van der Waals surface area contributed by atoms with E-state index in [1.54, 1.807) is 0 Å². The minimum Gasteiger partial charge on any atom is -0.481 e. The molecule has 1 aliphatic rings. The maximum Gasteiger partial charge on any atom is 0.416 e. The molecule has 0 spiro atoms. The summed E-state index contributed by atoms with van der Waals surface area (Å²) < 4.78 is 39.3. The van der Waals surface area contributed by atoms with Crippen molar-refractivity contribution in [2.24, 2.45) is 0 Å². The third-order valence-corrected chi connectivity index (χ3v) is 4.08. The molecule has 22 heavy (non-hydrogen) atoms. The Balaban J connectivity index is 2.26. The molecular weight excluding hydrogens is 295 g/mol. The lowest BCUT2D eigenvalue weighted by atomic mass is 9.93. The molecule has 0 saturated carbocycles. The van der Waals surface area contributed by atoms with Crippen molar-refractivity contribution in [3.05, 3.63) is 35.4 Å². The molecule has 0 radical (unpaired) electrons. The predicted molar refractivity (Wildman–Crippen MR) is 76.7 cm³/mol. The summed E-state index contributed by atoms with van der Waals surface area (Å²) in [4.78, 5) is 13.5. The number of hydrogen-bond acceptors (Lipinski definition) is 2. The maximum atomic E-state index is 13.1. The van der Waals surface area contributed by atoms with Gasteiger partial charge >= 0.3 is 12.1 Å². The minimum atomic E-state index is -4.54. The van der Waals surface area contributed by atoms with E-state index in [1.165, 1.54) is 18.2 Å². The number of hydrogen-bond donors (Lipinski definition) is 1. The summed E-state index contributed by atoms with van der Waals surface area (Å²) in [6.07, 6.45) is -0.426. The van der Waals surface area contributed by atoms with Crippen LogP contribution in [0, 0.1) is 0 Å². The van der Waals surface area contributed by atoms with Gasteiger partial charge in [0, 0.05) is 6.54 Å². The van der Waals surface area contributed by atoms with E-state index in [0.717, 1.165) is 44.8 Å². The quantitative estimate of drug-likeness (QED) is 0.920. The Kier molecular flexibility index (Phi) is 5.45. The van der Waals surface area contributed by atoms with Crippen LogP contribution >= 0.6 is 0 Å². The number of carbonyl (C=O) groups is 1. The highest BCUT2D eigenvalue weighted by Gasteiger charge is 2.37. The third kappa shape index (κ3) is 4.22. The van der Waals surface area contributed by atoms with E-state index in [9.17, 15) is 23.1 Å². The molecule has 1 heterocycles. The van der Waals surface area contributed by atoms with Crippen LogP contribution in [0.5, 0.6) is 0 Å². The minimum absolute atomic E-state index is 0.127. The van der Waals surface area contributed by atoms with Gasteiger partial charge < -0.3 is 10.0 Å². The van der Waals surface area contributed by atoms with Gasteiger partial charge in [0.25, 0.3) is 0 Å². The van der Waals surface area contributed by atoms with Crippen molar-refractivity contribution >= 4 is 5.97 Å². The van der Waals surface area contributed by atoms with Crippen molar-refractivity contribution in [2.75, 3.05) is 19.6 Å². The standard InChI is InChI=1S/C16H20F3NO2/c17-16(18,19)14-8-4-3-7-12(14)13(15(21)22)11-20-9-5-1-2-6-10-20/h3-4,7-8,13H,1-2,5-6,9-11H2,(H,21,22). The van der Waals surface area contributed by atoms with Gasteiger partial charge in [-0.25, -0.2) is 0 Å². The molecule has 2 rings (SSSR count). The van der Waals surface area contributed by atoms with Crippen molar-refractivity contribution in [2.45, 2.75) is 37.8 Å². The second-order valence-corrected chi connectivity index (χ2v) is 5.69. The van der Waals surface area contributed by atoms with Gasteiger partial charge in [-0.3, -0.25) is 4.79 Å². The molecule has 1 aromatic carbocycles. The first-order valence-electron chi connectivity index (χ1n) is 7.51. The van der Waals surface area contributed by atoms with E-state index in [-0.39, 0.29) is 12.1 Å². The number of alkyl halides is 3. The summed E-state index contributed by atoms with van der Waals surface area (Å²) in [7, 11) is 0. The Bertz CT molecular complexity index is 508. The van der Waals surface area contributed by atoms with Gasteiger partial charge in [-0.15, -0.1) is 0 Å². The highest BCUT2D eigenvalue weighted by Crippen LogP contribution is 2.35. The first-order valence-corrected chi connectivity index (χ1v) is 7.51. The number of rotatable bonds is 4. The van der Waals surface area contributed by atoms with Crippen molar-refractivity contribution < 1.29 is 23.1 Å². The molecule has 1 saturated heterocycles. The number of benzene rings is 1. The number of carboxylic acid groups (broad SMARTS) is 1. The molecular formula is C16H20F3NO2. The van der Waals surface area contributed by atoms with Crippen LogP contribution in [0.1, 0.15) is 42.7 Å². The first-order chi connectivity index (χ1) is 10.4. The Morgan fingerprint density at radius 3 is 2.27 bits per heavy atom. The Hall–Kier alpha value is -1.56. The highest BCUT2D eigenvalue weighted by atomic mass is 19.4. The van der Waals surface area contributed by atoms with Gasteiger partial charge in [0.15, 0.2) is 0 Å². The highest BCUT2D eigenvalue weighted by molar-refractivity contribution is 5.77. The average Bonchev–Trinajstić information content (AvgIpc) is 2.72. The number of halogens is 3. The molecule has 3 nitrogen and oxygen atoms in total. The second-order valence-electron chi connectivity index (χ2n) is 5.69. The van der Waals surface area contributed by atoms with Gasteiger partial charge in [-0.05, 0) is 37.6 Å².